The molecule has 2 heterocycles. The van der Waals surface area contributed by atoms with Crippen LogP contribution in [-0.4, -0.2) is 12.7 Å². The van der Waals surface area contributed by atoms with Crippen LogP contribution in [0.15, 0.2) is 53.3 Å². The maximum atomic E-state index is 12.4. The van der Waals surface area contributed by atoms with Crippen molar-refractivity contribution in [2.75, 3.05) is 6.79 Å². The van der Waals surface area contributed by atoms with Crippen LogP contribution in [0.2, 0.25) is 0 Å². The molecule has 0 aliphatic carbocycles. The van der Waals surface area contributed by atoms with Crippen molar-refractivity contribution < 1.29 is 14.3 Å². The second kappa shape index (κ2) is 5.98. The number of carbonyl (C=O) groups excluding carboxylic acids is 1. The van der Waals surface area contributed by atoms with Crippen LogP contribution < -0.4 is 19.5 Å². The first kappa shape index (κ1) is 14.7. The summed E-state index contributed by atoms with van der Waals surface area (Å²) in [6.07, 6.45) is 0. The van der Waals surface area contributed by atoms with E-state index in [1.165, 1.54) is 0 Å². The van der Waals surface area contributed by atoms with Crippen LogP contribution in [-0.2, 0) is 6.54 Å². The van der Waals surface area contributed by atoms with Crippen molar-refractivity contribution in [1.82, 2.24) is 5.32 Å². The number of ether oxygens (including phenoxy) is 2. The molecule has 1 aromatic heterocycles. The van der Waals surface area contributed by atoms with Gasteiger partial charge in [0.15, 0.2) is 11.5 Å². The monoisotopic (exact) mass is 339 g/mol. The minimum Gasteiger partial charge on any atom is -0.454 e. The molecule has 6 heteroatoms. The predicted octanol–water partition coefficient (Wildman–Crippen LogP) is 2.92. The van der Waals surface area contributed by atoms with Gasteiger partial charge < -0.3 is 14.8 Å². The number of hydrogen-bond acceptors (Lipinski definition) is 5. The van der Waals surface area contributed by atoms with Gasteiger partial charge in [-0.1, -0.05) is 35.6 Å². The molecule has 1 aliphatic rings. The van der Waals surface area contributed by atoms with E-state index in [0.717, 1.165) is 22.3 Å². The van der Waals surface area contributed by atoms with E-state index in [2.05, 4.69) is 5.32 Å². The van der Waals surface area contributed by atoms with Gasteiger partial charge in [-0.05, 0) is 35.2 Å². The van der Waals surface area contributed by atoms with Gasteiger partial charge in [-0.25, -0.2) is 0 Å². The van der Waals surface area contributed by atoms with E-state index < -0.39 is 0 Å². The van der Waals surface area contributed by atoms with Gasteiger partial charge in [0.1, 0.15) is 0 Å². The Labute approximate surface area is 141 Å². The van der Waals surface area contributed by atoms with Crippen LogP contribution >= 0.6 is 11.3 Å². The summed E-state index contributed by atoms with van der Waals surface area (Å²) < 4.78 is 10.5. The van der Waals surface area contributed by atoms with Crippen molar-refractivity contribution in [3.05, 3.63) is 68.5 Å². The first-order valence-electron chi connectivity index (χ1n) is 7.40. The molecule has 0 atom stereocenters. The fraction of sp³-hybridized carbons (Fsp3) is 0.111. The largest absolute Gasteiger partial charge is 0.454 e. The number of hydrogen-bond donors (Lipinski definition) is 1. The van der Waals surface area contributed by atoms with Crippen molar-refractivity contribution in [3.63, 3.8) is 0 Å². The molecule has 3 aromatic rings. The Bertz CT molecular complexity index is 996. The van der Waals surface area contributed by atoms with E-state index in [9.17, 15) is 9.59 Å². The minimum absolute atomic E-state index is 0.110. The Morgan fingerprint density at radius 2 is 1.92 bits per heavy atom. The van der Waals surface area contributed by atoms with E-state index >= 15 is 0 Å². The predicted molar refractivity (Wildman–Crippen MR) is 91.8 cm³/mol. The number of fused-ring (bicyclic) bond motifs is 2. The maximum Gasteiger partial charge on any atom is 0.261 e. The van der Waals surface area contributed by atoms with Crippen molar-refractivity contribution in [1.29, 1.82) is 0 Å². The third-order valence-corrected chi connectivity index (χ3v) is 4.71. The quantitative estimate of drug-likeness (QED) is 0.797. The summed E-state index contributed by atoms with van der Waals surface area (Å²) in [6, 6.07) is 14.5. The molecule has 0 radical (unpaired) electrons. The highest BCUT2D eigenvalue weighted by atomic mass is 32.1. The van der Waals surface area contributed by atoms with Crippen molar-refractivity contribution in [3.8, 4) is 11.5 Å². The van der Waals surface area contributed by atoms with Crippen LogP contribution in [0, 0.1) is 0 Å². The van der Waals surface area contributed by atoms with Crippen LogP contribution in [0.25, 0.3) is 10.8 Å². The second-order valence-electron chi connectivity index (χ2n) is 5.36. The van der Waals surface area contributed by atoms with Gasteiger partial charge in [-0.15, -0.1) is 0 Å². The number of carbonyl (C=O) groups is 1. The molecule has 24 heavy (non-hydrogen) atoms. The summed E-state index contributed by atoms with van der Waals surface area (Å²) in [5.41, 5.74) is 0.903. The van der Waals surface area contributed by atoms with Gasteiger partial charge in [0.2, 0.25) is 11.5 Å². The van der Waals surface area contributed by atoms with Crippen molar-refractivity contribution in [2.24, 2.45) is 0 Å². The average molecular weight is 339 g/mol. The Kier molecular flexibility index (Phi) is 3.66. The van der Waals surface area contributed by atoms with Crippen LogP contribution in [0.4, 0.5) is 0 Å². The second-order valence-corrected chi connectivity index (χ2v) is 6.37. The van der Waals surface area contributed by atoms with Gasteiger partial charge in [0.05, 0.1) is 4.88 Å². The summed E-state index contributed by atoms with van der Waals surface area (Å²) in [6.45, 7) is 0.569. The fourth-order valence-electron chi connectivity index (χ4n) is 2.57. The zero-order valence-corrected chi connectivity index (χ0v) is 13.4. The van der Waals surface area contributed by atoms with Gasteiger partial charge in [-0.2, -0.15) is 0 Å². The molecule has 0 fully saturated rings. The molecular formula is C18H13NO4S. The summed E-state index contributed by atoms with van der Waals surface area (Å²) in [7, 11) is 0. The Hall–Kier alpha value is -2.86. The van der Waals surface area contributed by atoms with E-state index in [0.29, 0.717) is 28.3 Å². The molecular weight excluding hydrogens is 326 g/mol. The minimum atomic E-state index is -0.263. The van der Waals surface area contributed by atoms with Crippen LogP contribution in [0.5, 0.6) is 11.5 Å². The lowest BCUT2D eigenvalue weighted by atomic mass is 10.2. The van der Waals surface area contributed by atoms with Gasteiger partial charge in [0.25, 0.3) is 5.91 Å². The average Bonchev–Trinajstić information content (AvgIpc) is 3.07. The molecule has 1 amide bonds. The molecule has 1 N–H and O–H groups in total. The molecule has 5 nitrogen and oxygen atoms in total. The van der Waals surface area contributed by atoms with E-state index in [1.54, 1.807) is 12.1 Å². The van der Waals surface area contributed by atoms with Crippen LogP contribution in [0.1, 0.15) is 15.2 Å². The summed E-state index contributed by atoms with van der Waals surface area (Å²) >= 11 is 0.958. The highest BCUT2D eigenvalue weighted by Crippen LogP contribution is 2.32. The zero-order chi connectivity index (χ0) is 16.5. The molecule has 0 bridgehead atoms. The van der Waals surface area contributed by atoms with Crippen molar-refractivity contribution >= 4 is 28.0 Å². The SMILES string of the molecule is O=C(NCc1ccc2c(c1)OCO2)c1cc2ccccc2c(=O)s1. The summed E-state index contributed by atoms with van der Waals surface area (Å²) in [4.78, 5) is 24.9. The third-order valence-electron chi connectivity index (χ3n) is 3.78. The molecule has 120 valence electrons. The summed E-state index contributed by atoms with van der Waals surface area (Å²) in [5, 5.41) is 4.24. The van der Waals surface area contributed by atoms with E-state index in [-0.39, 0.29) is 17.4 Å². The van der Waals surface area contributed by atoms with Gasteiger partial charge >= 0.3 is 0 Å². The number of nitrogens with one attached hydrogen (secondary N) is 1. The highest BCUT2D eigenvalue weighted by Gasteiger charge is 2.14. The fourth-order valence-corrected chi connectivity index (χ4v) is 3.41. The van der Waals surface area contributed by atoms with E-state index in [4.69, 9.17) is 9.47 Å². The van der Waals surface area contributed by atoms with Crippen molar-refractivity contribution in [2.45, 2.75) is 6.54 Å². The first-order valence-corrected chi connectivity index (χ1v) is 8.22. The summed E-state index contributed by atoms with van der Waals surface area (Å²) in [5.74, 6) is 1.12. The lowest BCUT2D eigenvalue weighted by molar-refractivity contribution is 0.0955. The molecule has 1 aliphatic heterocycles. The lowest BCUT2D eigenvalue weighted by Crippen LogP contribution is -2.22. The molecule has 0 spiro atoms. The number of benzene rings is 2. The first-order chi connectivity index (χ1) is 11.7. The maximum absolute atomic E-state index is 12.4. The van der Waals surface area contributed by atoms with Gasteiger partial charge in [0, 0.05) is 11.9 Å². The number of rotatable bonds is 3. The molecule has 2 aromatic carbocycles. The molecule has 4 rings (SSSR count). The van der Waals surface area contributed by atoms with Gasteiger partial charge in [-0.3, -0.25) is 9.59 Å². The van der Waals surface area contributed by atoms with E-state index in [1.807, 2.05) is 36.4 Å². The molecule has 0 saturated carbocycles. The normalized spacial score (nSPS) is 12.3. The molecule has 0 unspecified atom stereocenters. The third kappa shape index (κ3) is 2.72. The number of amides is 1. The molecule has 0 saturated heterocycles. The van der Waals surface area contributed by atoms with Crippen LogP contribution in [0.3, 0.4) is 0 Å². The zero-order valence-electron chi connectivity index (χ0n) is 12.6. The Balaban J connectivity index is 1.53. The highest BCUT2D eigenvalue weighted by molar-refractivity contribution is 7.12. The lowest BCUT2D eigenvalue weighted by Gasteiger charge is -2.06. The standard InChI is InChI=1S/C18H13NO4S/c20-17(16-8-12-3-1-2-4-13(12)18(21)24-16)19-9-11-5-6-14-15(7-11)23-10-22-14/h1-8H,9-10H2,(H,19,20). The Morgan fingerprint density at radius 3 is 2.83 bits per heavy atom. The Morgan fingerprint density at radius 1 is 1.08 bits per heavy atom. The topological polar surface area (TPSA) is 64.6 Å². The smallest absolute Gasteiger partial charge is 0.261 e.